The van der Waals surface area contributed by atoms with Crippen LogP contribution in [0, 0.1) is 41.5 Å². The molecule has 0 unspecified atom stereocenters. The van der Waals surface area contributed by atoms with Crippen LogP contribution in [0.1, 0.15) is 33.4 Å². The Labute approximate surface area is 583 Å². The van der Waals surface area contributed by atoms with Gasteiger partial charge in [-0.2, -0.15) is 19.9 Å². The zero-order chi connectivity index (χ0) is 67.7. The molecule has 478 valence electrons. The molecule has 0 aliphatic carbocycles. The van der Waals surface area contributed by atoms with Gasteiger partial charge in [0, 0.05) is 76.7 Å². The zero-order valence-electron chi connectivity index (χ0n) is 56.7. The minimum absolute atomic E-state index is 0.168. The average Bonchev–Trinajstić information content (AvgIpc) is 1.55. The summed E-state index contributed by atoms with van der Waals surface area (Å²) in [5.74, 6) is 3.49. The van der Waals surface area contributed by atoms with E-state index in [4.69, 9.17) is 29.9 Å². The van der Waals surface area contributed by atoms with Crippen LogP contribution < -0.4 is 16.4 Å². The minimum atomic E-state index is -0.168. The quantitative estimate of drug-likeness (QED) is 0.120. The molecule has 0 fully saturated rings. The first kappa shape index (κ1) is 59.4. The number of aryl methyl sites for hydroxylation is 6. The number of benzene rings is 13. The Hall–Kier alpha value is -12.9. The molecule has 0 saturated heterocycles. The molecular formula is C90H65BN10. The summed E-state index contributed by atoms with van der Waals surface area (Å²) in [6, 6.07) is 102. The van der Waals surface area contributed by atoms with Gasteiger partial charge in [-0.25, -0.2) is 9.97 Å². The highest BCUT2D eigenvalue weighted by Gasteiger charge is 2.32. The molecule has 0 spiro atoms. The summed E-state index contributed by atoms with van der Waals surface area (Å²) in [5.41, 5.74) is 25.3. The van der Waals surface area contributed by atoms with Crippen LogP contribution in [0.2, 0.25) is 0 Å². The van der Waals surface area contributed by atoms with E-state index in [1.165, 1.54) is 49.8 Å². The number of rotatable bonds is 11. The number of aromatic nitrogens is 10. The van der Waals surface area contributed by atoms with Gasteiger partial charge in [0.1, 0.15) is 0 Å². The van der Waals surface area contributed by atoms with Crippen LogP contribution in [-0.2, 0) is 0 Å². The molecule has 11 heteroatoms. The molecule has 19 rings (SSSR count). The lowest BCUT2D eigenvalue weighted by molar-refractivity contribution is 0.953. The van der Waals surface area contributed by atoms with Crippen molar-refractivity contribution in [2.24, 2.45) is 0 Å². The van der Waals surface area contributed by atoms with Crippen LogP contribution in [0.4, 0.5) is 0 Å². The zero-order valence-corrected chi connectivity index (χ0v) is 56.7. The van der Waals surface area contributed by atoms with Gasteiger partial charge in [-0.15, -0.1) is 0 Å². The molecule has 0 radical (unpaired) electrons. The third-order valence-corrected chi connectivity index (χ3v) is 20.5. The number of nitrogens with zero attached hydrogens (tertiary/aromatic N) is 10. The summed E-state index contributed by atoms with van der Waals surface area (Å²) in [7, 11) is 0. The highest BCUT2D eigenvalue weighted by atomic mass is 15.2. The normalized spacial score (nSPS) is 11.9. The second-order valence-electron chi connectivity index (χ2n) is 27.0. The van der Waals surface area contributed by atoms with E-state index in [-0.39, 0.29) is 6.71 Å². The lowest BCUT2D eigenvalue weighted by Gasteiger charge is -2.26. The van der Waals surface area contributed by atoms with Crippen molar-refractivity contribution in [1.82, 2.24) is 48.2 Å². The summed E-state index contributed by atoms with van der Waals surface area (Å²) in [5, 5.41) is 8.91. The van der Waals surface area contributed by atoms with Gasteiger partial charge in [0.25, 0.3) is 0 Å². The van der Waals surface area contributed by atoms with Crippen LogP contribution in [0.15, 0.2) is 285 Å². The molecule has 6 aromatic heterocycles. The van der Waals surface area contributed by atoms with Crippen molar-refractivity contribution in [1.29, 1.82) is 0 Å². The van der Waals surface area contributed by atoms with Gasteiger partial charge in [-0.1, -0.05) is 274 Å². The lowest BCUT2D eigenvalue weighted by Crippen LogP contribution is -2.56. The Kier molecular flexibility index (Phi) is 13.8. The second kappa shape index (κ2) is 23.4. The maximum absolute atomic E-state index is 5.44. The van der Waals surface area contributed by atoms with Crippen molar-refractivity contribution in [3.63, 3.8) is 0 Å². The van der Waals surface area contributed by atoms with Gasteiger partial charge in [0.2, 0.25) is 18.6 Å². The molecule has 0 saturated carbocycles. The van der Waals surface area contributed by atoms with Crippen molar-refractivity contribution < 1.29 is 0 Å². The van der Waals surface area contributed by atoms with Gasteiger partial charge >= 0.3 is 0 Å². The predicted octanol–water partition coefficient (Wildman–Crippen LogP) is 19.5. The van der Waals surface area contributed by atoms with E-state index >= 15 is 0 Å². The average molecular weight is 1300 g/mol. The number of fused-ring (bicyclic) bond motifs is 14. The van der Waals surface area contributed by atoms with E-state index in [1.54, 1.807) is 0 Å². The number of para-hydroxylation sites is 4. The predicted molar refractivity (Wildman–Crippen MR) is 418 cm³/mol. The Morgan fingerprint density at radius 1 is 0.248 bits per heavy atom. The fourth-order valence-electron chi connectivity index (χ4n) is 16.6. The topological polar surface area (TPSA) is 97.1 Å². The largest absolute Gasteiger partial charge is 0.309 e. The molecule has 13 aromatic carbocycles. The van der Waals surface area contributed by atoms with Gasteiger partial charge in [0.15, 0.2) is 23.3 Å². The standard InChI is InChI=1S/C90H65BN10/c1-54-47-56(3)82(57(4)48-54)91(83-58(5)49-55(2)50-59(83)6)64-51-65(98-73-40-24-20-36-69(73)79-76(98)45-46-77-80(79)70-37-21-26-42-75(70)100(77)89-94-85(60-27-11-7-12-28-60)92-86(95-89)61-29-13-8-14-30-61)53-66(52-64)99-74-41-25-22-38-71(74)81-78(99)44-43-68-67-35-19-23-39-72(67)101(84(68)81)90-96-87(62-31-15-9-16-32-62)93-88(97-90)63-33-17-10-18-34-63/h7-53H,1-6H3. The van der Waals surface area contributed by atoms with Gasteiger partial charge < -0.3 is 9.13 Å². The maximum atomic E-state index is 5.44. The smallest absolute Gasteiger partial charge is 0.242 e. The van der Waals surface area contributed by atoms with Gasteiger partial charge in [0.05, 0.1) is 44.1 Å². The van der Waals surface area contributed by atoms with Crippen molar-refractivity contribution in [2.75, 3.05) is 0 Å². The summed E-state index contributed by atoms with van der Waals surface area (Å²) >= 11 is 0. The SMILES string of the molecule is Cc1cc(C)c(B(c2cc(-n3c4ccccc4c4c5c6ccccc6n(-c6nc(-c7ccccc7)nc(-c7ccccc7)n6)c5ccc43)cc(-n3c4ccccc4c4c3ccc3c5ccccc5n(-c5nc(-c6ccccc6)nc(-c6ccccc6)n5)c34)c2)c2c(C)cc(C)cc2C)c(C)c1. The molecular weight excluding hydrogens is 1230 g/mol. The van der Waals surface area contributed by atoms with E-state index in [0.717, 1.165) is 121 Å². The van der Waals surface area contributed by atoms with Crippen molar-refractivity contribution in [2.45, 2.75) is 41.5 Å². The molecule has 101 heavy (non-hydrogen) atoms. The van der Waals surface area contributed by atoms with E-state index < -0.39 is 0 Å². The lowest BCUT2D eigenvalue weighted by atomic mass is 9.34. The molecule has 0 atom stereocenters. The van der Waals surface area contributed by atoms with Crippen molar-refractivity contribution in [3.05, 3.63) is 318 Å². The summed E-state index contributed by atoms with van der Waals surface area (Å²) < 4.78 is 9.56. The van der Waals surface area contributed by atoms with E-state index in [9.17, 15) is 0 Å². The van der Waals surface area contributed by atoms with E-state index in [2.05, 4.69) is 272 Å². The Morgan fingerprint density at radius 3 is 0.980 bits per heavy atom. The fraction of sp³-hybridized carbons (Fsp3) is 0.0667. The Bertz CT molecular complexity index is 6370. The Morgan fingerprint density at radius 2 is 0.564 bits per heavy atom. The number of hydrogen-bond donors (Lipinski definition) is 0. The van der Waals surface area contributed by atoms with Gasteiger partial charge in [-0.05, 0) is 102 Å². The van der Waals surface area contributed by atoms with Crippen molar-refractivity contribution in [3.8, 4) is 68.8 Å². The third-order valence-electron chi connectivity index (χ3n) is 20.5. The summed E-state index contributed by atoms with van der Waals surface area (Å²) in [6.07, 6.45) is 0. The van der Waals surface area contributed by atoms with Crippen LogP contribution in [0.25, 0.3) is 156 Å². The molecule has 19 aromatic rings. The van der Waals surface area contributed by atoms with E-state index in [1.807, 2.05) is 72.8 Å². The number of hydrogen-bond acceptors (Lipinski definition) is 6. The minimum Gasteiger partial charge on any atom is -0.309 e. The summed E-state index contributed by atoms with van der Waals surface area (Å²) in [6.45, 7) is 13.5. The maximum Gasteiger partial charge on any atom is 0.242 e. The highest BCUT2D eigenvalue weighted by Crippen LogP contribution is 2.45. The summed E-state index contributed by atoms with van der Waals surface area (Å²) in [4.78, 5) is 31.9. The molecule has 10 nitrogen and oxygen atoms in total. The van der Waals surface area contributed by atoms with Crippen LogP contribution >= 0.6 is 0 Å². The van der Waals surface area contributed by atoms with Crippen LogP contribution in [0.3, 0.4) is 0 Å². The van der Waals surface area contributed by atoms with Gasteiger partial charge in [-0.3, -0.25) is 9.13 Å². The first-order chi connectivity index (χ1) is 49.6. The van der Waals surface area contributed by atoms with Crippen LogP contribution in [-0.4, -0.2) is 54.9 Å². The Balaban J connectivity index is 0.919. The molecule has 0 aliphatic heterocycles. The van der Waals surface area contributed by atoms with E-state index in [0.29, 0.717) is 35.2 Å². The molecule has 0 N–H and O–H groups in total. The monoisotopic (exact) mass is 1300 g/mol. The molecule has 0 bridgehead atoms. The fourth-order valence-corrected chi connectivity index (χ4v) is 16.6. The van der Waals surface area contributed by atoms with Crippen LogP contribution in [0.5, 0.6) is 0 Å². The molecule has 0 amide bonds. The van der Waals surface area contributed by atoms with Crippen molar-refractivity contribution >= 4 is 110 Å². The molecule has 0 aliphatic rings. The molecule has 6 heterocycles. The third kappa shape index (κ3) is 9.55. The highest BCUT2D eigenvalue weighted by molar-refractivity contribution is 6.96. The second-order valence-corrected chi connectivity index (χ2v) is 27.0. The first-order valence-corrected chi connectivity index (χ1v) is 34.5. The first-order valence-electron chi connectivity index (χ1n) is 34.5.